The molecule has 0 bridgehead atoms. The highest BCUT2D eigenvalue weighted by Gasteiger charge is 2.43. The number of carbonyl (C=O) groups is 2. The number of aromatic nitrogens is 2. The maximum Gasteiger partial charge on any atom is 0.513 e. The molecule has 0 aliphatic carbocycles. The molecule has 1 aliphatic rings. The van der Waals surface area contributed by atoms with E-state index in [4.69, 9.17) is 4.74 Å². The molecule has 0 saturated carbocycles. The number of aliphatic imine (C=N–C) groups is 1. The number of methoxy groups -OCH3 is 1. The quantitative estimate of drug-likeness (QED) is 0.857. The van der Waals surface area contributed by atoms with Crippen molar-refractivity contribution in [2.75, 3.05) is 7.11 Å². The molecule has 1 aliphatic heterocycles. The SMILES string of the molecule is COC(=O)Oc1cc2cccnc2nc1C1=NC(C)(C(C)C)C(=O)N1. The molecule has 1 amide bonds. The van der Waals surface area contributed by atoms with Crippen LogP contribution in [0.2, 0.25) is 0 Å². The molecule has 130 valence electrons. The predicted octanol–water partition coefficient (Wildman–Crippen LogP) is 2.07. The summed E-state index contributed by atoms with van der Waals surface area (Å²) < 4.78 is 9.75. The van der Waals surface area contributed by atoms with E-state index < -0.39 is 11.7 Å². The number of ether oxygens (including phenoxy) is 2. The highest BCUT2D eigenvalue weighted by molar-refractivity contribution is 6.16. The van der Waals surface area contributed by atoms with Gasteiger partial charge in [-0.1, -0.05) is 13.8 Å². The van der Waals surface area contributed by atoms with Gasteiger partial charge in [-0.05, 0) is 31.0 Å². The maximum absolute atomic E-state index is 12.4. The summed E-state index contributed by atoms with van der Waals surface area (Å²) in [4.78, 5) is 37.1. The van der Waals surface area contributed by atoms with Gasteiger partial charge in [0.05, 0.1) is 7.11 Å². The van der Waals surface area contributed by atoms with E-state index in [-0.39, 0.29) is 29.1 Å². The first-order chi connectivity index (χ1) is 11.8. The average molecular weight is 342 g/mol. The van der Waals surface area contributed by atoms with Crippen molar-refractivity contribution < 1.29 is 19.1 Å². The van der Waals surface area contributed by atoms with Crippen molar-refractivity contribution in [3.8, 4) is 5.75 Å². The Morgan fingerprint density at radius 1 is 1.36 bits per heavy atom. The van der Waals surface area contributed by atoms with Crippen molar-refractivity contribution in [3.63, 3.8) is 0 Å². The van der Waals surface area contributed by atoms with Gasteiger partial charge in [0.25, 0.3) is 5.91 Å². The largest absolute Gasteiger partial charge is 0.513 e. The second kappa shape index (κ2) is 6.12. The summed E-state index contributed by atoms with van der Waals surface area (Å²) in [6, 6.07) is 5.15. The minimum atomic E-state index is -0.918. The average Bonchev–Trinajstić information content (AvgIpc) is 2.90. The van der Waals surface area contributed by atoms with E-state index in [0.717, 1.165) is 0 Å². The minimum Gasteiger partial charge on any atom is -0.437 e. The van der Waals surface area contributed by atoms with Crippen molar-refractivity contribution in [2.24, 2.45) is 10.9 Å². The summed E-state index contributed by atoms with van der Waals surface area (Å²) in [5, 5.41) is 3.41. The molecular weight excluding hydrogens is 324 g/mol. The molecule has 3 heterocycles. The molecule has 1 N–H and O–H groups in total. The third-order valence-corrected chi connectivity index (χ3v) is 4.30. The number of hydrogen-bond donors (Lipinski definition) is 1. The molecular formula is C17H18N4O4. The molecule has 2 aromatic heterocycles. The van der Waals surface area contributed by atoms with Crippen LogP contribution in [-0.4, -0.2) is 40.5 Å². The standard InChI is InChI=1S/C17H18N4O4/c1-9(2)17(3)15(22)20-14(21-17)12-11(25-16(23)24-4)8-10-6-5-7-18-13(10)19-12/h5-9H,1-4H3,(H,20,21,22). The molecule has 1 unspecified atom stereocenters. The lowest BCUT2D eigenvalue weighted by molar-refractivity contribution is -0.124. The Balaban J connectivity index is 2.15. The Bertz CT molecular complexity index is 893. The van der Waals surface area contributed by atoms with E-state index in [9.17, 15) is 9.59 Å². The lowest BCUT2D eigenvalue weighted by atomic mass is 9.89. The Morgan fingerprint density at radius 2 is 2.12 bits per heavy atom. The Labute approximate surface area is 144 Å². The van der Waals surface area contributed by atoms with Gasteiger partial charge in [0.2, 0.25) is 0 Å². The number of amides is 1. The number of nitrogens with one attached hydrogen (secondary N) is 1. The molecule has 0 saturated heterocycles. The molecule has 0 spiro atoms. The van der Waals surface area contributed by atoms with Crippen LogP contribution in [0.1, 0.15) is 26.5 Å². The lowest BCUT2D eigenvalue weighted by Gasteiger charge is -2.21. The summed E-state index contributed by atoms with van der Waals surface area (Å²) in [6.45, 7) is 5.57. The number of rotatable bonds is 3. The van der Waals surface area contributed by atoms with Crippen LogP contribution in [0.5, 0.6) is 5.75 Å². The van der Waals surface area contributed by atoms with Crippen LogP contribution in [0.15, 0.2) is 29.4 Å². The first kappa shape index (κ1) is 16.8. The van der Waals surface area contributed by atoms with E-state index in [2.05, 4.69) is 25.0 Å². The second-order valence-corrected chi connectivity index (χ2v) is 6.16. The minimum absolute atomic E-state index is 0.0199. The Kier molecular flexibility index (Phi) is 4.12. The van der Waals surface area contributed by atoms with E-state index >= 15 is 0 Å². The van der Waals surface area contributed by atoms with Crippen LogP contribution in [-0.2, 0) is 9.53 Å². The van der Waals surface area contributed by atoms with Crippen molar-refractivity contribution in [1.82, 2.24) is 15.3 Å². The molecule has 8 heteroatoms. The van der Waals surface area contributed by atoms with E-state index in [1.54, 1.807) is 31.3 Å². The third kappa shape index (κ3) is 2.90. The monoisotopic (exact) mass is 342 g/mol. The van der Waals surface area contributed by atoms with Gasteiger partial charge in [-0.3, -0.25) is 4.79 Å². The number of pyridine rings is 2. The fourth-order valence-electron chi connectivity index (χ4n) is 2.41. The van der Waals surface area contributed by atoms with Gasteiger partial charge in [-0.15, -0.1) is 0 Å². The summed E-state index contributed by atoms with van der Waals surface area (Å²) >= 11 is 0. The smallest absolute Gasteiger partial charge is 0.437 e. The normalized spacial score (nSPS) is 19.7. The predicted molar refractivity (Wildman–Crippen MR) is 90.5 cm³/mol. The number of amidine groups is 1. The van der Waals surface area contributed by atoms with Crippen molar-refractivity contribution in [3.05, 3.63) is 30.1 Å². The number of fused-ring (bicyclic) bond motifs is 1. The summed E-state index contributed by atoms with van der Waals surface area (Å²) in [6.07, 6.45) is 0.718. The molecule has 2 aromatic rings. The Morgan fingerprint density at radius 3 is 2.76 bits per heavy atom. The van der Waals surface area contributed by atoms with E-state index in [1.807, 2.05) is 13.8 Å². The molecule has 0 radical (unpaired) electrons. The highest BCUT2D eigenvalue weighted by Crippen LogP contribution is 2.30. The van der Waals surface area contributed by atoms with Gasteiger partial charge < -0.3 is 14.8 Å². The molecule has 3 rings (SSSR count). The first-order valence-electron chi connectivity index (χ1n) is 7.78. The van der Waals surface area contributed by atoms with Crippen LogP contribution in [0, 0.1) is 5.92 Å². The fraction of sp³-hybridized carbons (Fsp3) is 0.353. The molecule has 0 aromatic carbocycles. The summed E-state index contributed by atoms with van der Waals surface area (Å²) in [7, 11) is 1.21. The van der Waals surface area contributed by atoms with Gasteiger partial charge in [0.15, 0.2) is 22.9 Å². The van der Waals surface area contributed by atoms with Crippen molar-refractivity contribution in [1.29, 1.82) is 0 Å². The number of nitrogens with zero attached hydrogens (tertiary/aromatic N) is 3. The number of hydrogen-bond acceptors (Lipinski definition) is 7. The van der Waals surface area contributed by atoms with Gasteiger partial charge >= 0.3 is 6.16 Å². The Hall–Kier alpha value is -3.03. The molecule has 0 fully saturated rings. The van der Waals surface area contributed by atoms with Crippen LogP contribution in [0.4, 0.5) is 4.79 Å². The third-order valence-electron chi connectivity index (χ3n) is 4.30. The van der Waals surface area contributed by atoms with Gasteiger partial charge in [0.1, 0.15) is 5.54 Å². The molecule has 25 heavy (non-hydrogen) atoms. The van der Waals surface area contributed by atoms with Crippen LogP contribution >= 0.6 is 0 Å². The van der Waals surface area contributed by atoms with Crippen molar-refractivity contribution in [2.45, 2.75) is 26.3 Å². The van der Waals surface area contributed by atoms with E-state index in [1.165, 1.54) is 7.11 Å². The first-order valence-corrected chi connectivity index (χ1v) is 7.78. The number of carbonyl (C=O) groups excluding carboxylic acids is 2. The zero-order chi connectivity index (χ0) is 18.2. The zero-order valence-electron chi connectivity index (χ0n) is 14.4. The highest BCUT2D eigenvalue weighted by atomic mass is 16.7. The summed E-state index contributed by atoms with van der Waals surface area (Å²) in [5.41, 5.74) is -0.238. The lowest BCUT2D eigenvalue weighted by Crippen LogP contribution is -2.41. The molecule has 1 atom stereocenters. The fourth-order valence-corrected chi connectivity index (χ4v) is 2.41. The zero-order valence-corrected chi connectivity index (χ0v) is 14.4. The maximum atomic E-state index is 12.4. The molecule has 8 nitrogen and oxygen atoms in total. The van der Waals surface area contributed by atoms with Crippen molar-refractivity contribution >= 4 is 28.9 Å². The second-order valence-electron chi connectivity index (χ2n) is 6.16. The van der Waals surface area contributed by atoms with Crippen LogP contribution in [0.3, 0.4) is 0 Å². The topological polar surface area (TPSA) is 103 Å². The van der Waals surface area contributed by atoms with Gasteiger partial charge in [0, 0.05) is 11.6 Å². The van der Waals surface area contributed by atoms with Crippen LogP contribution in [0.25, 0.3) is 11.0 Å². The van der Waals surface area contributed by atoms with Gasteiger partial charge in [-0.25, -0.2) is 19.8 Å². The summed E-state index contributed by atoms with van der Waals surface area (Å²) in [5.74, 6) is 0.130. The van der Waals surface area contributed by atoms with E-state index in [0.29, 0.717) is 11.0 Å². The van der Waals surface area contributed by atoms with Crippen LogP contribution < -0.4 is 10.1 Å². The van der Waals surface area contributed by atoms with Gasteiger partial charge in [-0.2, -0.15) is 0 Å².